The van der Waals surface area contributed by atoms with Crippen LogP contribution in [0.3, 0.4) is 0 Å². The van der Waals surface area contributed by atoms with Crippen LogP contribution in [-0.4, -0.2) is 60.5 Å². The fourth-order valence-corrected chi connectivity index (χ4v) is 3.71. The van der Waals surface area contributed by atoms with Crippen LogP contribution in [0.1, 0.15) is 44.4 Å². The summed E-state index contributed by atoms with van der Waals surface area (Å²) in [6.07, 6.45) is 5.68. The minimum absolute atomic E-state index is 0.0859. The lowest BCUT2D eigenvalue weighted by atomic mass is 10.1. The lowest BCUT2D eigenvalue weighted by Crippen LogP contribution is -2.49. The molecule has 0 saturated carbocycles. The van der Waals surface area contributed by atoms with Crippen LogP contribution in [0.15, 0.2) is 22.8 Å². The van der Waals surface area contributed by atoms with Crippen molar-refractivity contribution < 1.29 is 14.0 Å². The normalized spacial score (nSPS) is 20.4. The van der Waals surface area contributed by atoms with Crippen molar-refractivity contribution in [1.82, 2.24) is 20.4 Å². The van der Waals surface area contributed by atoms with Gasteiger partial charge in [0, 0.05) is 32.6 Å². The minimum atomic E-state index is -0.142. The van der Waals surface area contributed by atoms with Gasteiger partial charge in [0.2, 0.25) is 5.91 Å². The first-order chi connectivity index (χ1) is 12.1. The Morgan fingerprint density at radius 1 is 1.24 bits per heavy atom. The molecule has 2 aliphatic rings. The fraction of sp³-hybridized carbons (Fsp3) is 0.667. The summed E-state index contributed by atoms with van der Waals surface area (Å²) in [6, 6.07) is 3.94. The third kappa shape index (κ3) is 4.75. The van der Waals surface area contributed by atoms with Crippen LogP contribution in [0.4, 0.5) is 4.79 Å². The average Bonchev–Trinajstić information content (AvgIpc) is 3.29. The molecule has 1 aromatic heterocycles. The van der Waals surface area contributed by atoms with E-state index in [4.69, 9.17) is 4.42 Å². The molecule has 0 aliphatic carbocycles. The molecule has 0 radical (unpaired) electrons. The maximum absolute atomic E-state index is 12.3. The number of furan rings is 1. The summed E-state index contributed by atoms with van der Waals surface area (Å²) in [5.74, 6) is 1.01. The van der Waals surface area contributed by atoms with Crippen molar-refractivity contribution in [3.63, 3.8) is 0 Å². The SMILES string of the molecule is CC(=O)N1CCC(NC(=O)NCC(c2ccco2)N2CCCC2)CC1. The third-order valence-electron chi connectivity index (χ3n) is 5.18. The van der Waals surface area contributed by atoms with Crippen molar-refractivity contribution in [2.75, 3.05) is 32.7 Å². The number of nitrogens with one attached hydrogen (secondary N) is 2. The van der Waals surface area contributed by atoms with Gasteiger partial charge in [0.15, 0.2) is 0 Å². The molecule has 2 N–H and O–H groups in total. The molecule has 2 fully saturated rings. The van der Waals surface area contributed by atoms with Gasteiger partial charge in [0.25, 0.3) is 0 Å². The zero-order chi connectivity index (χ0) is 17.6. The molecule has 0 aromatic carbocycles. The van der Waals surface area contributed by atoms with E-state index in [1.54, 1.807) is 13.2 Å². The number of carbonyl (C=O) groups is 2. The topological polar surface area (TPSA) is 77.8 Å². The van der Waals surface area contributed by atoms with Crippen molar-refractivity contribution in [2.45, 2.75) is 44.7 Å². The Morgan fingerprint density at radius 3 is 2.56 bits per heavy atom. The summed E-state index contributed by atoms with van der Waals surface area (Å²) >= 11 is 0. The number of rotatable bonds is 5. The lowest BCUT2D eigenvalue weighted by Gasteiger charge is -2.32. The van der Waals surface area contributed by atoms with Gasteiger partial charge >= 0.3 is 6.03 Å². The first-order valence-electron chi connectivity index (χ1n) is 9.21. The van der Waals surface area contributed by atoms with Gasteiger partial charge in [0.1, 0.15) is 5.76 Å². The van der Waals surface area contributed by atoms with Gasteiger partial charge in [-0.2, -0.15) is 0 Å². The third-order valence-corrected chi connectivity index (χ3v) is 5.18. The smallest absolute Gasteiger partial charge is 0.315 e. The van der Waals surface area contributed by atoms with E-state index in [9.17, 15) is 9.59 Å². The summed E-state index contributed by atoms with van der Waals surface area (Å²) in [5, 5.41) is 6.03. The van der Waals surface area contributed by atoms with E-state index in [0.717, 1.165) is 31.7 Å². The fourth-order valence-electron chi connectivity index (χ4n) is 3.71. The number of nitrogens with zero attached hydrogens (tertiary/aromatic N) is 2. The summed E-state index contributed by atoms with van der Waals surface area (Å²) in [5.41, 5.74) is 0. The number of urea groups is 1. The molecule has 7 heteroatoms. The Labute approximate surface area is 148 Å². The molecule has 0 spiro atoms. The van der Waals surface area contributed by atoms with E-state index in [2.05, 4.69) is 15.5 Å². The second kappa shape index (κ2) is 8.38. The van der Waals surface area contributed by atoms with Crippen LogP contribution in [0.25, 0.3) is 0 Å². The van der Waals surface area contributed by atoms with E-state index >= 15 is 0 Å². The van der Waals surface area contributed by atoms with Crippen molar-refractivity contribution >= 4 is 11.9 Å². The summed E-state index contributed by atoms with van der Waals surface area (Å²) < 4.78 is 5.57. The molecular formula is C18H28N4O3. The molecule has 3 rings (SSSR count). The van der Waals surface area contributed by atoms with Crippen molar-refractivity contribution in [2.24, 2.45) is 0 Å². The molecule has 0 bridgehead atoms. The zero-order valence-electron chi connectivity index (χ0n) is 14.9. The second-order valence-corrected chi connectivity index (χ2v) is 6.91. The van der Waals surface area contributed by atoms with Gasteiger partial charge in [-0.1, -0.05) is 0 Å². The number of hydrogen-bond donors (Lipinski definition) is 2. The maximum Gasteiger partial charge on any atom is 0.315 e. The van der Waals surface area contributed by atoms with E-state index in [1.165, 1.54) is 12.8 Å². The molecule has 1 aromatic rings. The van der Waals surface area contributed by atoms with Crippen molar-refractivity contribution in [1.29, 1.82) is 0 Å². The Hall–Kier alpha value is -2.02. The van der Waals surface area contributed by atoms with Gasteiger partial charge < -0.3 is 20.0 Å². The molecule has 138 valence electrons. The molecule has 25 heavy (non-hydrogen) atoms. The summed E-state index contributed by atoms with van der Waals surface area (Å²) in [6.45, 7) is 5.63. The highest BCUT2D eigenvalue weighted by molar-refractivity contribution is 5.75. The maximum atomic E-state index is 12.3. The molecule has 3 heterocycles. The van der Waals surface area contributed by atoms with E-state index < -0.39 is 0 Å². The Kier molecular flexibility index (Phi) is 5.96. The Balaban J connectivity index is 1.46. The predicted molar refractivity (Wildman–Crippen MR) is 94.1 cm³/mol. The largest absolute Gasteiger partial charge is 0.468 e. The highest BCUT2D eigenvalue weighted by Crippen LogP contribution is 2.24. The van der Waals surface area contributed by atoms with Crippen LogP contribution in [-0.2, 0) is 4.79 Å². The number of hydrogen-bond acceptors (Lipinski definition) is 4. The van der Waals surface area contributed by atoms with Gasteiger partial charge in [0.05, 0.1) is 12.3 Å². The van der Waals surface area contributed by atoms with E-state index in [0.29, 0.717) is 19.6 Å². The molecule has 1 unspecified atom stereocenters. The van der Waals surface area contributed by atoms with Crippen molar-refractivity contribution in [3.05, 3.63) is 24.2 Å². The van der Waals surface area contributed by atoms with Crippen LogP contribution in [0, 0.1) is 0 Å². The highest BCUT2D eigenvalue weighted by atomic mass is 16.3. The van der Waals surface area contributed by atoms with Crippen LogP contribution in [0.2, 0.25) is 0 Å². The molecule has 2 saturated heterocycles. The summed E-state index contributed by atoms with van der Waals surface area (Å²) in [4.78, 5) is 27.8. The minimum Gasteiger partial charge on any atom is -0.468 e. The first-order valence-corrected chi connectivity index (χ1v) is 9.21. The number of piperidine rings is 1. The van der Waals surface area contributed by atoms with E-state index in [1.807, 2.05) is 17.0 Å². The molecule has 7 nitrogen and oxygen atoms in total. The van der Waals surface area contributed by atoms with Crippen LogP contribution in [0.5, 0.6) is 0 Å². The monoisotopic (exact) mass is 348 g/mol. The molecular weight excluding hydrogens is 320 g/mol. The van der Waals surface area contributed by atoms with Crippen LogP contribution >= 0.6 is 0 Å². The lowest BCUT2D eigenvalue weighted by molar-refractivity contribution is -0.129. The average molecular weight is 348 g/mol. The highest BCUT2D eigenvalue weighted by Gasteiger charge is 2.27. The standard InChI is InChI=1S/C18H28N4O3/c1-14(23)21-10-6-15(7-11-21)20-18(24)19-13-16(17-5-4-12-25-17)22-8-2-3-9-22/h4-5,12,15-16H,2-3,6-11,13H2,1H3,(H2,19,20,24). The summed E-state index contributed by atoms with van der Waals surface area (Å²) in [7, 11) is 0. The van der Waals surface area contributed by atoms with Gasteiger partial charge in [-0.3, -0.25) is 9.69 Å². The molecule has 2 aliphatic heterocycles. The quantitative estimate of drug-likeness (QED) is 0.849. The van der Waals surface area contributed by atoms with Gasteiger partial charge in [-0.15, -0.1) is 0 Å². The molecule has 1 atom stereocenters. The van der Waals surface area contributed by atoms with Crippen LogP contribution < -0.4 is 10.6 Å². The Bertz CT molecular complexity index is 561. The predicted octanol–water partition coefficient (Wildman–Crippen LogP) is 1.73. The van der Waals surface area contributed by atoms with Crippen molar-refractivity contribution in [3.8, 4) is 0 Å². The second-order valence-electron chi connectivity index (χ2n) is 6.91. The number of amides is 3. The molecule has 3 amide bonds. The number of carbonyl (C=O) groups excluding carboxylic acids is 2. The van der Waals surface area contributed by atoms with E-state index in [-0.39, 0.29) is 24.0 Å². The zero-order valence-corrected chi connectivity index (χ0v) is 14.9. The van der Waals surface area contributed by atoms with Gasteiger partial charge in [-0.25, -0.2) is 4.79 Å². The number of likely N-dealkylation sites (tertiary alicyclic amines) is 2. The Morgan fingerprint density at radius 2 is 1.96 bits per heavy atom. The van der Waals surface area contributed by atoms with Gasteiger partial charge in [-0.05, 0) is 50.9 Å². The first kappa shape index (κ1) is 17.8.